The number of carbonyl (C=O) groups excluding carboxylic acids is 6. The Morgan fingerprint density at radius 3 is 1.26 bits per heavy atom. The summed E-state index contributed by atoms with van der Waals surface area (Å²) in [6.45, 7) is 6.69. The molecule has 2 amide bonds. The van der Waals surface area contributed by atoms with Crippen LogP contribution in [0.2, 0.25) is 0 Å². The summed E-state index contributed by atoms with van der Waals surface area (Å²) in [5.41, 5.74) is 16.3. The number of amides is 2. The number of aliphatic hydroxyl groups excluding tert-OH is 2. The minimum Gasteiger partial charge on any atom is -0.464 e. The average Bonchev–Trinajstić information content (AvgIpc) is 3.96. The Hall–Kier alpha value is -6.14. The fourth-order valence-corrected chi connectivity index (χ4v) is 9.19. The maximum atomic E-state index is 14.7. The van der Waals surface area contributed by atoms with Gasteiger partial charge in [0, 0.05) is 24.7 Å². The molecule has 0 spiro atoms. The zero-order chi connectivity index (χ0) is 51.9. The van der Waals surface area contributed by atoms with Crippen molar-refractivity contribution in [3.63, 3.8) is 0 Å². The molecule has 0 aromatic heterocycles. The van der Waals surface area contributed by atoms with Crippen LogP contribution in [-0.4, -0.2) is 95.2 Å². The van der Waals surface area contributed by atoms with Crippen molar-refractivity contribution in [2.45, 2.75) is 128 Å². The number of nitrogens with one attached hydrogen (secondary N) is 2. The van der Waals surface area contributed by atoms with Crippen LogP contribution in [0.4, 0.5) is 0 Å². The highest BCUT2D eigenvalue weighted by molar-refractivity contribution is 5.89. The standard InChI is InChI=1S/C56H70N4O12/c1-5-33(3)45(57)55(67)69-27-25-43(61)41-29-37-21-13-15-23-39(37)47(41)59-53(65)51(71-31-35-17-9-7-10-18-35)49(63)50(64)52(72-32-36-19-11-8-12-20-36)54(66)60-48-40-24-16-14-22-38(40)30-42(48)44(62)26-28-70-56(68)46(58)34(4)6-2/h7-24,33-34,41-42,45-52,63-64H,5-6,25-32,57-58H2,1-4H3,(H,59,65)(H,60,66)/t33-,34-,41-,42-,45-,46-,47+,48+,49+,50+,51+,52+/m0/s1. The normalized spacial score (nSPS) is 20.3. The Labute approximate surface area is 421 Å². The average molecular weight is 991 g/mol. The molecule has 0 radical (unpaired) electrons. The number of esters is 2. The summed E-state index contributed by atoms with van der Waals surface area (Å²) in [5, 5.41) is 30.3. The second-order valence-electron chi connectivity index (χ2n) is 19.0. The molecule has 72 heavy (non-hydrogen) atoms. The fraction of sp³-hybridized carbons (Fsp3) is 0.464. The summed E-state index contributed by atoms with van der Waals surface area (Å²) in [6, 6.07) is 28.7. The first-order valence-electron chi connectivity index (χ1n) is 25.0. The van der Waals surface area contributed by atoms with Gasteiger partial charge in [-0.1, -0.05) is 150 Å². The monoisotopic (exact) mass is 990 g/mol. The van der Waals surface area contributed by atoms with Crippen LogP contribution in [0.5, 0.6) is 0 Å². The van der Waals surface area contributed by atoms with E-state index in [1.165, 1.54) is 0 Å². The van der Waals surface area contributed by atoms with Crippen LogP contribution >= 0.6 is 0 Å². The molecular weight excluding hydrogens is 921 g/mol. The molecule has 0 aliphatic heterocycles. The molecule has 0 unspecified atom stereocenters. The van der Waals surface area contributed by atoms with Crippen LogP contribution < -0.4 is 22.1 Å². The predicted molar refractivity (Wildman–Crippen MR) is 267 cm³/mol. The van der Waals surface area contributed by atoms with Crippen LogP contribution in [0.15, 0.2) is 109 Å². The lowest BCUT2D eigenvalue weighted by atomic mass is 9.92. The van der Waals surface area contributed by atoms with E-state index in [1.807, 2.05) is 52.0 Å². The number of nitrogens with two attached hydrogens (primary N) is 2. The number of carbonyl (C=O) groups is 6. The smallest absolute Gasteiger partial charge is 0.323 e. The minimum atomic E-state index is -2.11. The first-order valence-corrected chi connectivity index (χ1v) is 25.0. The molecule has 0 saturated heterocycles. The zero-order valence-corrected chi connectivity index (χ0v) is 41.5. The van der Waals surface area contributed by atoms with E-state index in [0.717, 1.165) is 11.1 Å². The molecular formula is C56H70N4O12. The molecule has 6 rings (SSSR count). The van der Waals surface area contributed by atoms with Crippen molar-refractivity contribution in [2.24, 2.45) is 35.1 Å². The maximum Gasteiger partial charge on any atom is 0.323 e. The molecule has 4 aromatic rings. The summed E-state index contributed by atoms with van der Waals surface area (Å²) < 4.78 is 23.1. The van der Waals surface area contributed by atoms with E-state index < -0.39 is 84.2 Å². The molecule has 0 fully saturated rings. The lowest BCUT2D eigenvalue weighted by molar-refractivity contribution is -0.171. The molecule has 12 atom stereocenters. The van der Waals surface area contributed by atoms with E-state index >= 15 is 0 Å². The summed E-state index contributed by atoms with van der Waals surface area (Å²) in [5.74, 6) is -5.38. The van der Waals surface area contributed by atoms with E-state index in [0.29, 0.717) is 35.1 Å². The van der Waals surface area contributed by atoms with E-state index in [9.17, 15) is 39.0 Å². The van der Waals surface area contributed by atoms with Gasteiger partial charge < -0.3 is 51.3 Å². The number of hydrogen-bond donors (Lipinski definition) is 6. The second-order valence-corrected chi connectivity index (χ2v) is 19.0. The van der Waals surface area contributed by atoms with Crippen molar-refractivity contribution < 1.29 is 57.9 Å². The molecule has 0 saturated carbocycles. The molecule has 0 heterocycles. The van der Waals surface area contributed by atoms with Crippen molar-refractivity contribution in [3.8, 4) is 0 Å². The van der Waals surface area contributed by atoms with Gasteiger partial charge >= 0.3 is 11.9 Å². The van der Waals surface area contributed by atoms with Crippen molar-refractivity contribution in [2.75, 3.05) is 13.2 Å². The van der Waals surface area contributed by atoms with Gasteiger partial charge in [-0.2, -0.15) is 0 Å². The molecule has 0 bridgehead atoms. The Bertz CT molecular complexity index is 2290. The number of rotatable bonds is 27. The zero-order valence-electron chi connectivity index (χ0n) is 41.5. The number of ether oxygens (including phenoxy) is 4. The first kappa shape index (κ1) is 55.2. The number of benzene rings is 4. The maximum absolute atomic E-state index is 14.7. The van der Waals surface area contributed by atoms with E-state index in [-0.39, 0.29) is 75.5 Å². The van der Waals surface area contributed by atoms with Gasteiger partial charge in [-0.15, -0.1) is 0 Å². The summed E-state index contributed by atoms with van der Waals surface area (Å²) in [7, 11) is 0. The Morgan fingerprint density at radius 1 is 0.556 bits per heavy atom. The lowest BCUT2D eigenvalue weighted by Gasteiger charge is -2.33. The highest BCUT2D eigenvalue weighted by Gasteiger charge is 2.46. The summed E-state index contributed by atoms with van der Waals surface area (Å²) in [6.07, 6.45) is -6.30. The third kappa shape index (κ3) is 14.1. The SMILES string of the molecule is CC[C@H](C)[C@H](N)C(=O)OCCC(=O)[C@@H]1Cc2ccccc2[C@H]1NC(=O)[C@H](OCc1ccccc1)[C@H](O)[C@@H](O)[C@@H](OCc1ccccc1)C(=O)N[C@@H]1c2ccccc2C[C@H]1C(=O)CCOC(=O)[C@@H](N)[C@@H](C)CC. The molecule has 386 valence electrons. The van der Waals surface area contributed by atoms with E-state index in [2.05, 4.69) is 10.6 Å². The van der Waals surface area contributed by atoms with Crippen LogP contribution in [0.1, 0.15) is 98.8 Å². The lowest BCUT2D eigenvalue weighted by Crippen LogP contribution is -2.57. The van der Waals surface area contributed by atoms with Crippen LogP contribution in [0.25, 0.3) is 0 Å². The van der Waals surface area contributed by atoms with Crippen LogP contribution in [0.3, 0.4) is 0 Å². The number of aliphatic hydroxyl groups is 2. The van der Waals surface area contributed by atoms with Crippen molar-refractivity contribution in [3.05, 3.63) is 143 Å². The van der Waals surface area contributed by atoms with Gasteiger partial charge in [0.15, 0.2) is 12.2 Å². The van der Waals surface area contributed by atoms with E-state index in [1.54, 1.807) is 84.9 Å². The van der Waals surface area contributed by atoms with Crippen molar-refractivity contribution in [1.82, 2.24) is 10.6 Å². The largest absolute Gasteiger partial charge is 0.464 e. The van der Waals surface area contributed by atoms with Gasteiger partial charge in [0.1, 0.15) is 35.9 Å². The number of fused-ring (bicyclic) bond motifs is 2. The Kier molecular flexibility index (Phi) is 20.3. The van der Waals surface area contributed by atoms with Gasteiger partial charge in [-0.3, -0.25) is 28.8 Å². The van der Waals surface area contributed by atoms with Crippen LogP contribution in [0, 0.1) is 23.7 Å². The molecule has 2 aliphatic carbocycles. The van der Waals surface area contributed by atoms with Gasteiger partial charge in [0.2, 0.25) is 0 Å². The number of Topliss-reactive ketones (excluding diaryl/α,β-unsaturated/α-hetero) is 2. The third-order valence-electron chi connectivity index (χ3n) is 14.2. The highest BCUT2D eigenvalue weighted by atomic mass is 16.5. The summed E-state index contributed by atoms with van der Waals surface area (Å²) >= 11 is 0. The molecule has 16 nitrogen and oxygen atoms in total. The summed E-state index contributed by atoms with van der Waals surface area (Å²) in [4.78, 5) is 82.6. The van der Waals surface area contributed by atoms with Gasteiger partial charge in [0.05, 0.1) is 38.5 Å². The molecule has 4 aromatic carbocycles. The minimum absolute atomic E-state index is 0.119. The predicted octanol–water partition coefficient (Wildman–Crippen LogP) is 4.69. The molecule has 8 N–H and O–H groups in total. The number of ketones is 2. The fourth-order valence-electron chi connectivity index (χ4n) is 9.19. The first-order chi connectivity index (χ1) is 34.6. The van der Waals surface area contributed by atoms with Crippen molar-refractivity contribution >= 4 is 35.3 Å². The van der Waals surface area contributed by atoms with Crippen molar-refractivity contribution in [1.29, 1.82) is 0 Å². The Morgan fingerprint density at radius 2 is 0.903 bits per heavy atom. The number of hydrogen-bond acceptors (Lipinski definition) is 14. The molecule has 2 aliphatic rings. The van der Waals surface area contributed by atoms with E-state index in [4.69, 9.17) is 30.4 Å². The van der Waals surface area contributed by atoms with Crippen LogP contribution in [-0.2, 0) is 73.8 Å². The topological polar surface area (TPSA) is 256 Å². The highest BCUT2D eigenvalue weighted by Crippen LogP contribution is 2.39. The Balaban J connectivity index is 1.24. The van der Waals surface area contributed by atoms with Gasteiger partial charge in [-0.05, 0) is 58.1 Å². The third-order valence-corrected chi connectivity index (χ3v) is 14.2. The molecule has 16 heteroatoms. The van der Waals surface area contributed by atoms with Gasteiger partial charge in [-0.25, -0.2) is 0 Å². The van der Waals surface area contributed by atoms with Gasteiger partial charge in [0.25, 0.3) is 11.8 Å². The second kappa shape index (κ2) is 26.5. The quantitative estimate of drug-likeness (QED) is 0.0444.